The first-order valence-corrected chi connectivity index (χ1v) is 10.2. The van der Waals surface area contributed by atoms with Gasteiger partial charge in [-0.25, -0.2) is 0 Å². The van der Waals surface area contributed by atoms with Crippen molar-refractivity contribution < 1.29 is 5.11 Å². The highest BCUT2D eigenvalue weighted by Crippen LogP contribution is 2.40. The molecule has 0 radical (unpaired) electrons. The van der Waals surface area contributed by atoms with E-state index in [4.69, 9.17) is 5.11 Å². The van der Waals surface area contributed by atoms with Gasteiger partial charge in [0.15, 0.2) is 0 Å². The summed E-state index contributed by atoms with van der Waals surface area (Å²) in [6.45, 7) is 13.8. The zero-order valence-electron chi connectivity index (χ0n) is 14.5. The second-order valence-corrected chi connectivity index (χ2v) is 11.9. The number of unbranched alkanes of at least 4 members (excludes halogenated alkanes) is 2. The Morgan fingerprint density at radius 2 is 1.29 bits per heavy atom. The summed E-state index contributed by atoms with van der Waals surface area (Å²) in [7, 11) is -1.63. The summed E-state index contributed by atoms with van der Waals surface area (Å²) in [5.74, 6) is 14.8. The smallest absolute Gasteiger partial charge is 0.147 e. The summed E-state index contributed by atoms with van der Waals surface area (Å²) in [5.41, 5.74) is 5.56. The lowest BCUT2D eigenvalue weighted by atomic mass is 10.2. The quantitative estimate of drug-likeness (QED) is 0.454. The number of hydrogen-bond acceptors (Lipinski definition) is 1. The Morgan fingerprint density at radius 1 is 0.762 bits per heavy atom. The van der Waals surface area contributed by atoms with Crippen LogP contribution < -0.4 is 0 Å². The maximum absolute atomic E-state index is 8.53. The predicted molar refractivity (Wildman–Crippen MR) is 95.3 cm³/mol. The molecule has 116 valence electrons. The second kappa shape index (κ2) is 10.6. The summed E-state index contributed by atoms with van der Waals surface area (Å²) in [6.07, 6.45) is 2.57. The first-order valence-electron chi connectivity index (χ1n) is 7.96. The molecule has 0 saturated carbocycles. The summed E-state index contributed by atoms with van der Waals surface area (Å²) in [5, 5.41) is 8.53. The molecule has 0 bridgehead atoms. The molecule has 0 rings (SSSR count). The Kier molecular flexibility index (Phi) is 9.99. The molecule has 1 N–H and O–H groups in total. The fourth-order valence-electron chi connectivity index (χ4n) is 3.09. The SMILES string of the molecule is CC(C)[Si](C#CC#CCCCC#CCO)(C(C)C)C(C)C. The van der Waals surface area contributed by atoms with Crippen molar-refractivity contribution in [2.75, 3.05) is 6.61 Å². The zero-order valence-corrected chi connectivity index (χ0v) is 15.5. The fraction of sp³-hybridized carbons (Fsp3) is 0.684. The van der Waals surface area contributed by atoms with Gasteiger partial charge in [0.1, 0.15) is 14.7 Å². The summed E-state index contributed by atoms with van der Waals surface area (Å²) >= 11 is 0. The van der Waals surface area contributed by atoms with E-state index < -0.39 is 8.07 Å². The van der Waals surface area contributed by atoms with Crippen molar-refractivity contribution in [1.29, 1.82) is 0 Å². The van der Waals surface area contributed by atoms with Gasteiger partial charge >= 0.3 is 0 Å². The average molecular weight is 303 g/mol. The summed E-state index contributed by atoms with van der Waals surface area (Å²) in [6, 6.07) is 0. The van der Waals surface area contributed by atoms with Crippen LogP contribution in [0.15, 0.2) is 0 Å². The minimum absolute atomic E-state index is 0.0521. The molecule has 0 heterocycles. The highest BCUT2D eigenvalue weighted by molar-refractivity contribution is 6.90. The summed E-state index contributed by atoms with van der Waals surface area (Å²) in [4.78, 5) is 0. The van der Waals surface area contributed by atoms with Gasteiger partial charge in [0.2, 0.25) is 0 Å². The molecule has 0 aromatic carbocycles. The standard InChI is InChI=1S/C19H30OSi/c1-17(2)21(18(3)4,19(5)6)16-14-12-10-8-7-9-11-13-15-20/h17-20H,7-9,15H2,1-6H3. The van der Waals surface area contributed by atoms with Crippen LogP contribution in [0.25, 0.3) is 0 Å². The van der Waals surface area contributed by atoms with Crippen LogP contribution >= 0.6 is 0 Å². The highest BCUT2D eigenvalue weighted by atomic mass is 28.3. The molecule has 0 spiro atoms. The van der Waals surface area contributed by atoms with Crippen molar-refractivity contribution in [1.82, 2.24) is 0 Å². The van der Waals surface area contributed by atoms with E-state index in [1.54, 1.807) is 0 Å². The number of rotatable bonds is 5. The molecule has 2 heteroatoms. The Balaban J connectivity index is 4.71. The van der Waals surface area contributed by atoms with Crippen molar-refractivity contribution in [3.8, 4) is 35.1 Å². The minimum Gasteiger partial charge on any atom is -0.384 e. The molecule has 0 fully saturated rings. The maximum Gasteiger partial charge on any atom is 0.147 e. The van der Waals surface area contributed by atoms with Crippen LogP contribution in [0.1, 0.15) is 60.8 Å². The van der Waals surface area contributed by atoms with E-state index in [2.05, 4.69) is 76.7 Å². The molecule has 0 aromatic heterocycles. The van der Waals surface area contributed by atoms with Crippen LogP contribution in [0.3, 0.4) is 0 Å². The van der Waals surface area contributed by atoms with Crippen molar-refractivity contribution in [3.05, 3.63) is 0 Å². The molecule has 0 aliphatic carbocycles. The molecule has 0 saturated heterocycles. The molecular formula is C19H30OSi. The maximum atomic E-state index is 8.53. The third-order valence-electron chi connectivity index (χ3n) is 4.10. The van der Waals surface area contributed by atoms with Crippen LogP contribution in [0.2, 0.25) is 16.6 Å². The molecule has 0 atom stereocenters. The van der Waals surface area contributed by atoms with Gasteiger partial charge < -0.3 is 5.11 Å². The lowest BCUT2D eigenvalue weighted by Gasteiger charge is -2.37. The highest BCUT2D eigenvalue weighted by Gasteiger charge is 2.41. The van der Waals surface area contributed by atoms with E-state index in [1.165, 1.54) is 0 Å². The topological polar surface area (TPSA) is 20.2 Å². The first-order chi connectivity index (χ1) is 9.89. The molecular weight excluding hydrogens is 272 g/mol. The van der Waals surface area contributed by atoms with E-state index >= 15 is 0 Å². The van der Waals surface area contributed by atoms with Gasteiger partial charge in [-0.2, -0.15) is 0 Å². The molecule has 0 aliphatic rings. The molecule has 1 nitrogen and oxygen atoms in total. The van der Waals surface area contributed by atoms with Gasteiger partial charge in [0, 0.05) is 12.8 Å². The zero-order chi connectivity index (χ0) is 16.3. The summed E-state index contributed by atoms with van der Waals surface area (Å²) < 4.78 is 0. The van der Waals surface area contributed by atoms with Crippen molar-refractivity contribution >= 4 is 8.07 Å². The van der Waals surface area contributed by atoms with Gasteiger partial charge in [-0.1, -0.05) is 53.4 Å². The van der Waals surface area contributed by atoms with Crippen molar-refractivity contribution in [2.45, 2.75) is 77.4 Å². The van der Waals surface area contributed by atoms with Crippen LogP contribution in [-0.4, -0.2) is 19.8 Å². The minimum atomic E-state index is -1.63. The number of hydrogen-bond donors (Lipinski definition) is 1. The van der Waals surface area contributed by atoms with Crippen LogP contribution in [0, 0.1) is 35.1 Å². The van der Waals surface area contributed by atoms with Gasteiger partial charge in [0.25, 0.3) is 0 Å². The molecule has 0 aliphatic heterocycles. The van der Waals surface area contributed by atoms with Crippen LogP contribution in [0.5, 0.6) is 0 Å². The third-order valence-corrected chi connectivity index (χ3v) is 10.4. The molecule has 0 amide bonds. The Morgan fingerprint density at radius 3 is 1.76 bits per heavy atom. The van der Waals surface area contributed by atoms with E-state index in [9.17, 15) is 0 Å². The largest absolute Gasteiger partial charge is 0.384 e. The van der Waals surface area contributed by atoms with Crippen molar-refractivity contribution in [2.24, 2.45) is 0 Å². The monoisotopic (exact) mass is 302 g/mol. The van der Waals surface area contributed by atoms with Gasteiger partial charge in [-0.15, -0.1) is 11.5 Å². The van der Waals surface area contributed by atoms with E-state index in [-0.39, 0.29) is 6.61 Å². The molecule has 21 heavy (non-hydrogen) atoms. The van der Waals surface area contributed by atoms with Gasteiger partial charge in [0.05, 0.1) is 0 Å². The third kappa shape index (κ3) is 6.43. The predicted octanol–water partition coefficient (Wildman–Crippen LogP) is 4.38. The normalized spacial score (nSPS) is 10.6. The lowest BCUT2D eigenvalue weighted by molar-refractivity contribution is 0.350. The van der Waals surface area contributed by atoms with Gasteiger partial charge in [-0.3, -0.25) is 0 Å². The van der Waals surface area contributed by atoms with E-state index in [0.717, 1.165) is 19.3 Å². The van der Waals surface area contributed by atoms with Crippen LogP contribution in [0.4, 0.5) is 0 Å². The fourth-order valence-corrected chi connectivity index (χ4v) is 8.23. The Hall–Kier alpha value is -1.14. The number of aliphatic hydroxyl groups is 1. The first kappa shape index (κ1) is 19.9. The molecule has 0 unspecified atom stereocenters. The average Bonchev–Trinajstić information content (AvgIpc) is 2.39. The Labute approximate surface area is 132 Å². The van der Waals surface area contributed by atoms with Gasteiger partial charge in [-0.05, 0) is 34.9 Å². The lowest BCUT2D eigenvalue weighted by Crippen LogP contribution is -2.43. The van der Waals surface area contributed by atoms with Crippen LogP contribution in [-0.2, 0) is 0 Å². The molecule has 0 aromatic rings. The number of aliphatic hydroxyl groups excluding tert-OH is 1. The van der Waals surface area contributed by atoms with Crippen molar-refractivity contribution in [3.63, 3.8) is 0 Å². The second-order valence-electron chi connectivity index (χ2n) is 6.31. The van der Waals surface area contributed by atoms with E-state index in [1.807, 2.05) is 0 Å². The van der Waals surface area contributed by atoms with E-state index in [0.29, 0.717) is 16.6 Å². The Bertz CT molecular complexity index is 447.